The molecule has 0 unspecified atom stereocenters. The van der Waals surface area contributed by atoms with Crippen LogP contribution in [0.4, 0.5) is 0 Å². The van der Waals surface area contributed by atoms with Gasteiger partial charge in [0.05, 0.1) is 11.4 Å². The van der Waals surface area contributed by atoms with Crippen molar-refractivity contribution in [2.45, 2.75) is 49.2 Å². The van der Waals surface area contributed by atoms with Gasteiger partial charge in [-0.15, -0.1) is 0 Å². The van der Waals surface area contributed by atoms with E-state index in [1.54, 1.807) is 66.7 Å². The number of phenolic OH excluding ortho intramolecular Hbond substituents is 1. The Morgan fingerprint density at radius 2 is 1.64 bits per heavy atom. The number of nitrogens with two attached hydrogens (primary N) is 2. The summed E-state index contributed by atoms with van der Waals surface area (Å²) in [5.41, 5.74) is 12.9. The van der Waals surface area contributed by atoms with Crippen LogP contribution in [-0.4, -0.2) is 57.8 Å². The molecule has 4 aliphatic heterocycles. The lowest BCUT2D eigenvalue weighted by Gasteiger charge is -2.34. The summed E-state index contributed by atoms with van der Waals surface area (Å²) in [5, 5.41) is 38.9. The lowest BCUT2D eigenvalue weighted by Crippen LogP contribution is -2.39. The molecule has 12 heteroatoms. The molecule has 0 spiro atoms. The third-order valence-corrected chi connectivity index (χ3v) is 9.46. The molecular weight excluding hydrogens is 598 g/mol. The van der Waals surface area contributed by atoms with E-state index in [4.69, 9.17) is 16.2 Å². The van der Waals surface area contributed by atoms with E-state index in [0.717, 1.165) is 11.1 Å². The summed E-state index contributed by atoms with van der Waals surface area (Å²) in [4.78, 5) is 4.51. The Morgan fingerprint density at radius 1 is 1.00 bits per heavy atom. The molecule has 5 atom stereocenters. The van der Waals surface area contributed by atoms with E-state index in [1.807, 2.05) is 0 Å². The fraction of sp³-hybridized carbons (Fsp3) is 0.364. The average Bonchev–Trinajstić information content (AvgIpc) is 3.00. The molecule has 0 aromatic heterocycles. The first-order valence-electron chi connectivity index (χ1n) is 14.7. The molecule has 4 heterocycles. The molecule has 0 aliphatic carbocycles. The molecule has 0 radical (unpaired) electrons. The highest BCUT2D eigenvalue weighted by atomic mass is 32.2. The zero-order valence-corrected chi connectivity index (χ0v) is 25.6. The van der Waals surface area contributed by atoms with Gasteiger partial charge < -0.3 is 36.6 Å². The first-order valence-corrected chi connectivity index (χ1v) is 16.2. The highest BCUT2D eigenvalue weighted by Gasteiger charge is 2.38. The molecule has 0 saturated carbocycles. The smallest absolute Gasteiger partial charge is 0.268 e. The van der Waals surface area contributed by atoms with Crippen LogP contribution in [0.25, 0.3) is 0 Å². The van der Waals surface area contributed by atoms with Crippen LogP contribution in [0.2, 0.25) is 0 Å². The number of rotatable bonds is 10. The third-order valence-electron chi connectivity index (χ3n) is 8.11. The number of nitrogens with zero attached hydrogens (tertiary/aromatic N) is 1. The maximum atomic E-state index is 12.8. The van der Waals surface area contributed by atoms with Crippen molar-refractivity contribution in [3.8, 4) is 11.5 Å². The number of allylic oxidation sites excluding steroid dienone is 1. The Bertz CT molecular complexity index is 1560. The average molecular weight is 640 g/mol. The standard InChI is InChI=1S/C33H41N3O8S/c34-32(35)36-33(20-24(21-38)17-18-37)27-9-1-23(2-10-27)19-26(8-15-30(40)25-6-11-28(39)12-7-25)31(45(41,42)43)16-5-22-3-13-29(44-33)14-4-22/h1-4,6-15,24,26,30-31,37-40H,5,16-21H2,(H4,34,35,36)(H,41,42,43)/b15-8+/t24-,26+,30-,31-,33+/m1/s1. The van der Waals surface area contributed by atoms with E-state index in [1.165, 1.54) is 18.2 Å². The molecule has 9 N–H and O–H groups in total. The Kier molecular flexibility index (Phi) is 11.2. The quantitative estimate of drug-likeness (QED) is 0.0746. The molecule has 0 fully saturated rings. The second-order valence-electron chi connectivity index (χ2n) is 11.4. The topological polar surface area (TPSA) is 209 Å². The number of aliphatic imine (C=N–C) groups is 1. The van der Waals surface area contributed by atoms with Gasteiger partial charge in [-0.1, -0.05) is 60.7 Å². The minimum atomic E-state index is -4.51. The number of aromatic hydroxyl groups is 1. The maximum absolute atomic E-state index is 12.8. The van der Waals surface area contributed by atoms with Gasteiger partial charge in [-0.3, -0.25) is 4.55 Å². The third kappa shape index (κ3) is 9.05. The fourth-order valence-electron chi connectivity index (χ4n) is 5.73. The number of guanidine groups is 1. The molecule has 242 valence electrons. The number of hydrogen-bond donors (Lipinski definition) is 7. The fourth-order valence-corrected chi connectivity index (χ4v) is 6.78. The predicted molar refractivity (Wildman–Crippen MR) is 171 cm³/mol. The van der Waals surface area contributed by atoms with Gasteiger partial charge in [0.1, 0.15) is 11.5 Å². The SMILES string of the molecule is NC(N)=N[C@@]1(C[C@H](CO)CCO)Oc2ccc(cc2)CC[C@@H](S(=O)(=O)O)[C@@H](/C=C/[C@@H](O)c2ccc(O)cc2)Cc2ccc1cc2. The molecule has 0 saturated heterocycles. The second kappa shape index (κ2) is 14.9. The van der Waals surface area contributed by atoms with Crippen LogP contribution in [0.5, 0.6) is 11.5 Å². The molecular formula is C33H41N3O8S. The molecule has 4 aliphatic rings. The highest BCUT2D eigenvalue weighted by molar-refractivity contribution is 7.86. The number of hydrogen-bond acceptors (Lipinski definition) is 8. The monoisotopic (exact) mass is 639 g/mol. The van der Waals surface area contributed by atoms with E-state index in [0.29, 0.717) is 29.7 Å². The Balaban J connectivity index is 1.81. The van der Waals surface area contributed by atoms with Crippen molar-refractivity contribution < 1.29 is 38.1 Å². The molecule has 3 aromatic rings. The van der Waals surface area contributed by atoms with Crippen molar-refractivity contribution in [1.82, 2.24) is 0 Å². The Labute approximate surface area is 263 Å². The van der Waals surface area contributed by atoms with E-state index in [-0.39, 0.29) is 44.2 Å². The van der Waals surface area contributed by atoms with Gasteiger partial charge in [-0.05, 0) is 72.6 Å². The first-order chi connectivity index (χ1) is 21.4. The number of ether oxygens (including phenoxy) is 1. The molecule has 45 heavy (non-hydrogen) atoms. The lowest BCUT2D eigenvalue weighted by atomic mass is 9.88. The molecule has 3 aromatic carbocycles. The molecule has 7 rings (SSSR count). The summed E-state index contributed by atoms with van der Waals surface area (Å²) >= 11 is 0. The van der Waals surface area contributed by atoms with Crippen LogP contribution in [0.1, 0.15) is 47.6 Å². The number of benzene rings is 3. The van der Waals surface area contributed by atoms with Crippen molar-refractivity contribution >= 4 is 16.1 Å². The second-order valence-corrected chi connectivity index (χ2v) is 13.0. The van der Waals surface area contributed by atoms with Crippen LogP contribution in [0.3, 0.4) is 0 Å². The van der Waals surface area contributed by atoms with E-state index in [2.05, 4.69) is 4.99 Å². The van der Waals surface area contributed by atoms with Crippen molar-refractivity contribution in [2.24, 2.45) is 28.3 Å². The van der Waals surface area contributed by atoms with Gasteiger partial charge in [-0.25, -0.2) is 4.99 Å². The van der Waals surface area contributed by atoms with Gasteiger partial charge in [0.2, 0.25) is 5.72 Å². The summed E-state index contributed by atoms with van der Waals surface area (Å²) in [5.74, 6) is -0.871. The predicted octanol–water partition coefficient (Wildman–Crippen LogP) is 2.93. The zero-order chi connectivity index (χ0) is 32.6. The van der Waals surface area contributed by atoms with Crippen molar-refractivity contribution in [1.29, 1.82) is 0 Å². The van der Waals surface area contributed by atoms with Gasteiger partial charge in [0.15, 0.2) is 5.96 Å². The van der Waals surface area contributed by atoms with Crippen LogP contribution in [0, 0.1) is 11.8 Å². The number of aliphatic hydroxyl groups is 3. The summed E-state index contributed by atoms with van der Waals surface area (Å²) in [7, 11) is -4.51. The number of phenols is 1. The Hall–Kier alpha value is -3.94. The largest absolute Gasteiger partial charge is 0.508 e. The van der Waals surface area contributed by atoms with Crippen LogP contribution >= 0.6 is 0 Å². The molecule has 0 amide bonds. The van der Waals surface area contributed by atoms with E-state index >= 15 is 0 Å². The lowest BCUT2D eigenvalue weighted by molar-refractivity contribution is 0.0290. The molecule has 11 nitrogen and oxygen atoms in total. The van der Waals surface area contributed by atoms with Crippen LogP contribution in [-0.2, 0) is 28.7 Å². The van der Waals surface area contributed by atoms with Gasteiger partial charge in [0, 0.05) is 31.1 Å². The minimum absolute atomic E-state index is 0.0502. The van der Waals surface area contributed by atoms with Crippen molar-refractivity contribution in [3.63, 3.8) is 0 Å². The first kappa shape index (κ1) is 33.9. The van der Waals surface area contributed by atoms with Gasteiger partial charge >= 0.3 is 0 Å². The van der Waals surface area contributed by atoms with E-state index < -0.39 is 39.0 Å². The van der Waals surface area contributed by atoms with E-state index in [9.17, 15) is 33.4 Å². The minimum Gasteiger partial charge on any atom is -0.508 e. The summed E-state index contributed by atoms with van der Waals surface area (Å²) in [6, 6.07) is 20.1. The van der Waals surface area contributed by atoms with Crippen molar-refractivity contribution in [3.05, 3.63) is 107 Å². The number of aryl methyl sites for hydroxylation is 1. The van der Waals surface area contributed by atoms with Crippen LogP contribution in [0.15, 0.2) is 89.9 Å². The Morgan fingerprint density at radius 3 is 2.22 bits per heavy atom. The normalized spacial score (nSPS) is 21.9. The van der Waals surface area contributed by atoms with Gasteiger partial charge in [0.25, 0.3) is 10.1 Å². The van der Waals surface area contributed by atoms with Crippen molar-refractivity contribution in [2.75, 3.05) is 13.2 Å². The highest BCUT2D eigenvalue weighted by Crippen LogP contribution is 2.38. The molecule has 4 bridgehead atoms. The summed E-state index contributed by atoms with van der Waals surface area (Å²) in [6.07, 6.45) is 3.11. The summed E-state index contributed by atoms with van der Waals surface area (Å²) < 4.78 is 42.4. The zero-order valence-electron chi connectivity index (χ0n) is 24.8. The maximum Gasteiger partial charge on any atom is 0.268 e. The van der Waals surface area contributed by atoms with Crippen LogP contribution < -0.4 is 16.2 Å². The summed E-state index contributed by atoms with van der Waals surface area (Å²) in [6.45, 7) is -0.383. The number of aliphatic hydroxyl groups excluding tert-OH is 3. The van der Waals surface area contributed by atoms with Gasteiger partial charge in [-0.2, -0.15) is 8.42 Å².